The maximum absolute atomic E-state index is 13.1. The molecule has 0 spiro atoms. The number of anilines is 2. The number of aryl methyl sites for hydroxylation is 1. The number of alkyl halides is 3. The van der Waals surface area contributed by atoms with E-state index in [1.54, 1.807) is 0 Å². The smallest absolute Gasteiger partial charge is 0.331 e. The second-order valence-electron chi connectivity index (χ2n) is 5.34. The van der Waals surface area contributed by atoms with Crippen LogP contribution in [-0.4, -0.2) is 10.8 Å². The van der Waals surface area contributed by atoms with Crippen LogP contribution in [-0.2, 0) is 6.18 Å². The lowest BCUT2D eigenvalue weighted by molar-refractivity contribution is -0.137. The fraction of sp³-hybridized carbons (Fsp3) is 0.111. The van der Waals surface area contributed by atoms with E-state index < -0.39 is 17.5 Å². The van der Waals surface area contributed by atoms with E-state index in [0.29, 0.717) is 5.13 Å². The van der Waals surface area contributed by atoms with E-state index in [0.717, 1.165) is 28.7 Å². The molecule has 0 aliphatic rings. The number of nitrogens with zero attached hydrogens (tertiary/aromatic N) is 1. The molecule has 0 fully saturated rings. The van der Waals surface area contributed by atoms with Gasteiger partial charge in [0.2, 0.25) is 5.78 Å². The SMILES string of the molecule is Cc1ccccc1Nc1ncc(C(=O)c2ccccc2C(F)(F)F)s1. The normalized spacial score (nSPS) is 11.4. The molecule has 3 rings (SSSR count). The Kier molecular flexibility index (Phi) is 4.59. The van der Waals surface area contributed by atoms with Gasteiger partial charge in [0.15, 0.2) is 5.13 Å². The highest BCUT2D eigenvalue weighted by Crippen LogP contribution is 2.34. The van der Waals surface area contributed by atoms with Crippen LogP contribution in [0.5, 0.6) is 0 Å². The van der Waals surface area contributed by atoms with Crippen molar-refractivity contribution in [2.24, 2.45) is 0 Å². The number of ketones is 1. The molecular weight excluding hydrogens is 349 g/mol. The van der Waals surface area contributed by atoms with Crippen LogP contribution >= 0.6 is 11.3 Å². The number of halogens is 3. The first-order chi connectivity index (χ1) is 11.9. The Morgan fingerprint density at radius 1 is 1.08 bits per heavy atom. The van der Waals surface area contributed by atoms with Gasteiger partial charge in [-0.1, -0.05) is 47.7 Å². The second-order valence-corrected chi connectivity index (χ2v) is 6.37. The maximum atomic E-state index is 13.1. The van der Waals surface area contributed by atoms with Gasteiger partial charge in [0.05, 0.1) is 16.6 Å². The maximum Gasteiger partial charge on any atom is 0.417 e. The van der Waals surface area contributed by atoms with E-state index in [1.807, 2.05) is 31.2 Å². The molecule has 128 valence electrons. The van der Waals surface area contributed by atoms with Crippen molar-refractivity contribution < 1.29 is 18.0 Å². The van der Waals surface area contributed by atoms with Gasteiger partial charge in [0.1, 0.15) is 0 Å². The van der Waals surface area contributed by atoms with Crippen molar-refractivity contribution in [1.82, 2.24) is 4.98 Å². The zero-order chi connectivity index (χ0) is 18.0. The van der Waals surface area contributed by atoms with Crippen molar-refractivity contribution in [2.75, 3.05) is 5.32 Å². The van der Waals surface area contributed by atoms with Gasteiger partial charge in [-0.2, -0.15) is 13.2 Å². The number of hydrogen-bond donors (Lipinski definition) is 1. The van der Waals surface area contributed by atoms with E-state index in [2.05, 4.69) is 10.3 Å². The first-order valence-electron chi connectivity index (χ1n) is 7.35. The molecule has 25 heavy (non-hydrogen) atoms. The molecule has 3 aromatic rings. The molecule has 0 aliphatic heterocycles. The number of hydrogen-bond acceptors (Lipinski definition) is 4. The molecule has 0 bridgehead atoms. The summed E-state index contributed by atoms with van der Waals surface area (Å²) in [5, 5.41) is 3.52. The van der Waals surface area contributed by atoms with Gasteiger partial charge in [-0.3, -0.25) is 4.79 Å². The largest absolute Gasteiger partial charge is 0.417 e. The van der Waals surface area contributed by atoms with Gasteiger partial charge in [-0.25, -0.2) is 4.98 Å². The quantitative estimate of drug-likeness (QED) is 0.628. The molecule has 1 heterocycles. The van der Waals surface area contributed by atoms with Gasteiger partial charge < -0.3 is 5.32 Å². The summed E-state index contributed by atoms with van der Waals surface area (Å²) in [6.45, 7) is 1.92. The summed E-state index contributed by atoms with van der Waals surface area (Å²) >= 11 is 1.02. The predicted octanol–water partition coefficient (Wildman–Crippen LogP) is 5.44. The summed E-state index contributed by atoms with van der Waals surface area (Å²) in [7, 11) is 0. The van der Waals surface area contributed by atoms with Gasteiger partial charge >= 0.3 is 6.18 Å². The zero-order valence-corrected chi connectivity index (χ0v) is 13.9. The molecule has 0 radical (unpaired) electrons. The minimum atomic E-state index is -4.58. The molecule has 1 aromatic heterocycles. The lowest BCUT2D eigenvalue weighted by Crippen LogP contribution is -2.12. The number of carbonyl (C=O) groups is 1. The molecule has 1 N–H and O–H groups in total. The summed E-state index contributed by atoms with van der Waals surface area (Å²) in [6, 6.07) is 12.3. The predicted molar refractivity (Wildman–Crippen MR) is 91.5 cm³/mol. The Balaban J connectivity index is 1.88. The lowest BCUT2D eigenvalue weighted by Gasteiger charge is -2.10. The Labute approximate surface area is 146 Å². The highest BCUT2D eigenvalue weighted by atomic mass is 32.1. The fourth-order valence-corrected chi connectivity index (χ4v) is 3.11. The Morgan fingerprint density at radius 3 is 2.48 bits per heavy atom. The Bertz CT molecular complexity index is 918. The van der Waals surface area contributed by atoms with Gasteiger partial charge in [0, 0.05) is 11.3 Å². The number of rotatable bonds is 4. The van der Waals surface area contributed by atoms with E-state index in [-0.39, 0.29) is 10.4 Å². The van der Waals surface area contributed by atoms with Crippen LogP contribution in [0.15, 0.2) is 54.7 Å². The van der Waals surface area contributed by atoms with Gasteiger partial charge in [0.25, 0.3) is 0 Å². The standard InChI is InChI=1S/C18H13F3N2OS/c1-11-6-2-5-9-14(11)23-17-22-10-15(25-17)16(24)12-7-3-4-8-13(12)18(19,20)21/h2-10H,1H3,(H,22,23). The highest BCUT2D eigenvalue weighted by Gasteiger charge is 2.35. The van der Waals surface area contributed by atoms with Crippen LogP contribution in [0, 0.1) is 6.92 Å². The van der Waals surface area contributed by atoms with Crippen LogP contribution in [0.25, 0.3) is 0 Å². The van der Waals surface area contributed by atoms with E-state index in [4.69, 9.17) is 0 Å². The average Bonchev–Trinajstić information content (AvgIpc) is 3.04. The number of benzene rings is 2. The van der Waals surface area contributed by atoms with E-state index in [9.17, 15) is 18.0 Å². The summed E-state index contributed by atoms with van der Waals surface area (Å²) in [5.74, 6) is -0.691. The third-order valence-electron chi connectivity index (χ3n) is 3.59. The van der Waals surface area contributed by atoms with Crippen molar-refractivity contribution in [2.45, 2.75) is 13.1 Å². The zero-order valence-electron chi connectivity index (χ0n) is 13.1. The molecule has 7 heteroatoms. The van der Waals surface area contributed by atoms with Gasteiger partial charge in [-0.05, 0) is 24.6 Å². The van der Waals surface area contributed by atoms with Crippen LogP contribution < -0.4 is 5.32 Å². The summed E-state index contributed by atoms with van der Waals surface area (Å²) in [4.78, 5) is 16.7. The molecule has 0 unspecified atom stereocenters. The number of nitrogens with one attached hydrogen (secondary N) is 1. The minimum absolute atomic E-state index is 0.146. The van der Waals surface area contributed by atoms with Crippen molar-refractivity contribution in [3.8, 4) is 0 Å². The molecule has 3 nitrogen and oxygen atoms in total. The summed E-state index contributed by atoms with van der Waals surface area (Å²) < 4.78 is 39.3. The van der Waals surface area contributed by atoms with E-state index in [1.165, 1.54) is 24.4 Å². The fourth-order valence-electron chi connectivity index (χ4n) is 2.33. The number of carbonyl (C=O) groups excluding carboxylic acids is 1. The molecular formula is C18H13F3N2OS. The lowest BCUT2D eigenvalue weighted by atomic mass is 10.0. The van der Waals surface area contributed by atoms with Crippen molar-refractivity contribution in [3.05, 3.63) is 76.3 Å². The third kappa shape index (κ3) is 3.71. The van der Waals surface area contributed by atoms with Crippen LogP contribution in [0.4, 0.5) is 24.0 Å². The number of aromatic nitrogens is 1. The highest BCUT2D eigenvalue weighted by molar-refractivity contribution is 7.17. The van der Waals surface area contributed by atoms with E-state index >= 15 is 0 Å². The minimum Gasteiger partial charge on any atom is -0.331 e. The Morgan fingerprint density at radius 2 is 1.76 bits per heavy atom. The number of thiazole rings is 1. The monoisotopic (exact) mass is 362 g/mol. The average molecular weight is 362 g/mol. The first kappa shape index (κ1) is 17.2. The van der Waals surface area contributed by atoms with Crippen molar-refractivity contribution >= 4 is 27.9 Å². The van der Waals surface area contributed by atoms with Crippen LogP contribution in [0.2, 0.25) is 0 Å². The van der Waals surface area contributed by atoms with Crippen molar-refractivity contribution in [1.29, 1.82) is 0 Å². The number of para-hydroxylation sites is 1. The summed E-state index contributed by atoms with van der Waals surface area (Å²) in [5.41, 5.74) is 0.502. The summed E-state index contributed by atoms with van der Waals surface area (Å²) in [6.07, 6.45) is -3.29. The molecule has 0 atom stereocenters. The first-order valence-corrected chi connectivity index (χ1v) is 8.17. The molecule has 0 amide bonds. The van der Waals surface area contributed by atoms with Gasteiger partial charge in [-0.15, -0.1) is 0 Å². The van der Waals surface area contributed by atoms with Crippen LogP contribution in [0.1, 0.15) is 26.4 Å². The third-order valence-corrected chi connectivity index (χ3v) is 4.50. The molecule has 0 saturated carbocycles. The van der Waals surface area contributed by atoms with Crippen molar-refractivity contribution in [3.63, 3.8) is 0 Å². The topological polar surface area (TPSA) is 42.0 Å². The van der Waals surface area contributed by atoms with Crippen LogP contribution in [0.3, 0.4) is 0 Å². The second kappa shape index (κ2) is 6.68. The molecule has 0 aliphatic carbocycles. The molecule has 0 saturated heterocycles. The molecule has 2 aromatic carbocycles. The Hall–Kier alpha value is -2.67.